The van der Waals surface area contributed by atoms with Gasteiger partial charge in [-0.05, 0) is 60.9 Å². The van der Waals surface area contributed by atoms with Gasteiger partial charge in [-0.25, -0.2) is 9.48 Å². The van der Waals surface area contributed by atoms with E-state index in [1.807, 2.05) is 49.4 Å². The van der Waals surface area contributed by atoms with Gasteiger partial charge in [0.2, 0.25) is 5.82 Å². The fraction of sp³-hybridized carbons (Fsp3) is 0.208. The van der Waals surface area contributed by atoms with Gasteiger partial charge in [0.1, 0.15) is 0 Å². The highest BCUT2D eigenvalue weighted by molar-refractivity contribution is 6.00. The third-order valence-electron chi connectivity index (χ3n) is 4.64. The van der Waals surface area contributed by atoms with Crippen LogP contribution in [0.1, 0.15) is 19.4 Å². The lowest BCUT2D eigenvalue weighted by molar-refractivity contribution is 0.251. The molecule has 0 radical (unpaired) electrons. The zero-order valence-electron chi connectivity index (χ0n) is 18.2. The number of aryl methyl sites for hydroxylation is 1. The predicted molar refractivity (Wildman–Crippen MR) is 123 cm³/mol. The molecule has 2 amide bonds. The Morgan fingerprint density at radius 1 is 1.06 bits per heavy atom. The lowest BCUT2D eigenvalue weighted by atomic mass is 10.2. The van der Waals surface area contributed by atoms with Crippen molar-refractivity contribution in [2.45, 2.75) is 20.8 Å². The van der Waals surface area contributed by atoms with Crippen LogP contribution in [0.2, 0.25) is 0 Å². The monoisotopic (exact) mass is 431 g/mol. The summed E-state index contributed by atoms with van der Waals surface area (Å²) in [7, 11) is 0. The van der Waals surface area contributed by atoms with Crippen LogP contribution in [0.25, 0.3) is 17.3 Å². The molecule has 8 heteroatoms. The Kier molecular flexibility index (Phi) is 6.21. The maximum Gasteiger partial charge on any atom is 0.336 e. The van der Waals surface area contributed by atoms with E-state index in [1.54, 1.807) is 29.1 Å². The van der Waals surface area contributed by atoms with E-state index < -0.39 is 0 Å². The van der Waals surface area contributed by atoms with Crippen LogP contribution in [0.3, 0.4) is 0 Å². The SMILES string of the molecule is Cc1ccccc1NC(=O)Nc1ccc(-n2nc(OCC(C)C)nc2-c2ccco2)cc1. The van der Waals surface area contributed by atoms with Crippen LogP contribution >= 0.6 is 0 Å². The number of benzene rings is 2. The Morgan fingerprint density at radius 2 is 1.84 bits per heavy atom. The molecule has 0 unspecified atom stereocenters. The zero-order chi connectivity index (χ0) is 22.5. The van der Waals surface area contributed by atoms with E-state index in [0.717, 1.165) is 16.9 Å². The van der Waals surface area contributed by atoms with Crippen molar-refractivity contribution in [3.05, 3.63) is 72.5 Å². The first-order valence-electron chi connectivity index (χ1n) is 10.4. The number of nitrogens with zero attached hydrogens (tertiary/aromatic N) is 3. The minimum absolute atomic E-state index is 0.282. The van der Waals surface area contributed by atoms with Crippen LogP contribution in [0.15, 0.2) is 71.3 Å². The van der Waals surface area contributed by atoms with E-state index in [1.165, 1.54) is 0 Å². The second-order valence-corrected chi connectivity index (χ2v) is 7.75. The van der Waals surface area contributed by atoms with Crippen molar-refractivity contribution in [1.29, 1.82) is 0 Å². The normalized spacial score (nSPS) is 10.9. The van der Waals surface area contributed by atoms with Gasteiger partial charge in [0, 0.05) is 11.4 Å². The van der Waals surface area contributed by atoms with E-state index in [-0.39, 0.29) is 12.0 Å². The van der Waals surface area contributed by atoms with Gasteiger partial charge in [0.15, 0.2) is 5.76 Å². The van der Waals surface area contributed by atoms with Crippen molar-refractivity contribution in [2.75, 3.05) is 17.2 Å². The Hall–Kier alpha value is -4.07. The Morgan fingerprint density at radius 3 is 2.53 bits per heavy atom. The number of carbonyl (C=O) groups excluding carboxylic acids is 1. The van der Waals surface area contributed by atoms with E-state index in [0.29, 0.717) is 29.8 Å². The van der Waals surface area contributed by atoms with Gasteiger partial charge in [-0.3, -0.25) is 0 Å². The van der Waals surface area contributed by atoms with E-state index in [4.69, 9.17) is 9.15 Å². The van der Waals surface area contributed by atoms with Gasteiger partial charge < -0.3 is 19.8 Å². The van der Waals surface area contributed by atoms with Crippen molar-refractivity contribution in [3.8, 4) is 23.3 Å². The van der Waals surface area contributed by atoms with Crippen molar-refractivity contribution in [1.82, 2.24) is 14.8 Å². The first-order valence-corrected chi connectivity index (χ1v) is 10.4. The average Bonchev–Trinajstić information content (AvgIpc) is 3.44. The lowest BCUT2D eigenvalue weighted by Gasteiger charge is -2.10. The summed E-state index contributed by atoms with van der Waals surface area (Å²) >= 11 is 0. The number of aromatic nitrogens is 3. The first kappa shape index (κ1) is 21.2. The number of hydrogen-bond acceptors (Lipinski definition) is 5. The van der Waals surface area contributed by atoms with E-state index in [2.05, 4.69) is 34.6 Å². The standard InChI is InChI=1S/C24H25N5O3/c1-16(2)15-32-24-27-22(21-9-6-14-31-21)29(28-24)19-12-10-18(11-13-19)25-23(30)26-20-8-5-4-7-17(20)3/h4-14,16H,15H2,1-3H3,(H2,25,26,30). The Labute approximate surface area is 186 Å². The third-order valence-corrected chi connectivity index (χ3v) is 4.64. The summed E-state index contributed by atoms with van der Waals surface area (Å²) in [5, 5.41) is 10.2. The molecule has 32 heavy (non-hydrogen) atoms. The van der Waals surface area contributed by atoms with Gasteiger partial charge in [0.25, 0.3) is 0 Å². The molecule has 4 aromatic rings. The van der Waals surface area contributed by atoms with Gasteiger partial charge in [0.05, 0.1) is 18.6 Å². The number of carbonyl (C=O) groups is 1. The summed E-state index contributed by atoms with van der Waals surface area (Å²) in [6.07, 6.45) is 1.59. The van der Waals surface area contributed by atoms with Crippen molar-refractivity contribution in [2.24, 2.45) is 5.92 Å². The van der Waals surface area contributed by atoms with Gasteiger partial charge in [-0.2, -0.15) is 4.98 Å². The smallest absolute Gasteiger partial charge is 0.336 e. The predicted octanol–water partition coefficient (Wildman–Crippen LogP) is 5.51. The Bertz CT molecular complexity index is 1180. The Balaban J connectivity index is 1.52. The maximum absolute atomic E-state index is 12.4. The quantitative estimate of drug-likeness (QED) is 0.402. The minimum atomic E-state index is -0.312. The molecule has 0 atom stereocenters. The highest BCUT2D eigenvalue weighted by Crippen LogP contribution is 2.25. The number of rotatable bonds is 7. The molecule has 4 rings (SSSR count). The summed E-state index contributed by atoms with van der Waals surface area (Å²) in [6, 6.07) is 18.5. The molecule has 0 saturated heterocycles. The van der Waals surface area contributed by atoms with Crippen molar-refractivity contribution in [3.63, 3.8) is 0 Å². The number of para-hydroxylation sites is 1. The van der Waals surface area contributed by atoms with Crippen LogP contribution in [0, 0.1) is 12.8 Å². The molecular formula is C24H25N5O3. The summed E-state index contributed by atoms with van der Waals surface area (Å²) in [5.41, 5.74) is 3.16. The third kappa shape index (κ3) is 4.97. The molecule has 0 aliphatic carbocycles. The molecule has 2 aromatic carbocycles. The van der Waals surface area contributed by atoms with E-state index in [9.17, 15) is 4.79 Å². The molecule has 8 nitrogen and oxygen atoms in total. The number of urea groups is 1. The van der Waals surface area contributed by atoms with Gasteiger partial charge in [-0.15, -0.1) is 5.10 Å². The molecule has 164 valence electrons. The number of ether oxygens (including phenoxy) is 1. The van der Waals surface area contributed by atoms with Crippen molar-refractivity contribution < 1.29 is 13.9 Å². The molecular weight excluding hydrogens is 406 g/mol. The molecule has 2 heterocycles. The number of amides is 2. The molecule has 0 aliphatic rings. The number of furan rings is 1. The fourth-order valence-electron chi connectivity index (χ4n) is 3.02. The van der Waals surface area contributed by atoms with Crippen LogP contribution in [-0.2, 0) is 0 Å². The zero-order valence-corrected chi connectivity index (χ0v) is 18.2. The van der Waals surface area contributed by atoms with E-state index >= 15 is 0 Å². The summed E-state index contributed by atoms with van der Waals surface area (Å²) in [6.45, 7) is 6.58. The molecule has 0 aliphatic heterocycles. The fourth-order valence-corrected chi connectivity index (χ4v) is 3.02. The summed E-state index contributed by atoms with van der Waals surface area (Å²) in [5.74, 6) is 1.47. The average molecular weight is 431 g/mol. The summed E-state index contributed by atoms with van der Waals surface area (Å²) in [4.78, 5) is 16.8. The number of hydrogen-bond donors (Lipinski definition) is 2. The largest absolute Gasteiger partial charge is 0.462 e. The van der Waals surface area contributed by atoms with Gasteiger partial charge >= 0.3 is 12.0 Å². The molecule has 0 saturated carbocycles. The highest BCUT2D eigenvalue weighted by atomic mass is 16.5. The number of anilines is 2. The lowest BCUT2D eigenvalue weighted by Crippen LogP contribution is -2.19. The second kappa shape index (κ2) is 9.38. The first-order chi connectivity index (χ1) is 15.5. The molecule has 2 N–H and O–H groups in total. The molecule has 0 fully saturated rings. The highest BCUT2D eigenvalue weighted by Gasteiger charge is 2.17. The molecule has 0 spiro atoms. The van der Waals surface area contributed by atoms with Gasteiger partial charge in [-0.1, -0.05) is 32.0 Å². The van der Waals surface area contributed by atoms with Crippen LogP contribution in [0.4, 0.5) is 16.2 Å². The van der Waals surface area contributed by atoms with Crippen LogP contribution < -0.4 is 15.4 Å². The van der Waals surface area contributed by atoms with Crippen LogP contribution in [-0.4, -0.2) is 27.4 Å². The second-order valence-electron chi connectivity index (χ2n) is 7.75. The minimum Gasteiger partial charge on any atom is -0.462 e. The van der Waals surface area contributed by atoms with Crippen LogP contribution in [0.5, 0.6) is 6.01 Å². The summed E-state index contributed by atoms with van der Waals surface area (Å²) < 4.78 is 12.9. The van der Waals surface area contributed by atoms with Crippen molar-refractivity contribution >= 4 is 17.4 Å². The molecule has 0 bridgehead atoms. The number of nitrogens with one attached hydrogen (secondary N) is 2. The molecule has 2 aromatic heterocycles. The topological polar surface area (TPSA) is 94.2 Å². The maximum atomic E-state index is 12.4.